The summed E-state index contributed by atoms with van der Waals surface area (Å²) < 4.78 is 0. The van der Waals surface area contributed by atoms with Crippen molar-refractivity contribution in [2.24, 2.45) is 5.92 Å². The molecule has 2 aromatic rings. The summed E-state index contributed by atoms with van der Waals surface area (Å²) in [6.07, 6.45) is 6.15. The zero-order valence-corrected chi connectivity index (χ0v) is 16.8. The van der Waals surface area contributed by atoms with Crippen LogP contribution in [0.1, 0.15) is 68.3 Å². The van der Waals surface area contributed by atoms with Crippen LogP contribution in [0.25, 0.3) is 0 Å². The molecule has 1 aliphatic rings. The number of rotatable bonds is 9. The second kappa shape index (κ2) is 9.57. The molecule has 2 N–H and O–H groups in total. The van der Waals surface area contributed by atoms with E-state index < -0.39 is 0 Å². The Morgan fingerprint density at radius 2 is 2.04 bits per heavy atom. The zero-order chi connectivity index (χ0) is 19.9. The van der Waals surface area contributed by atoms with Crippen molar-refractivity contribution in [2.75, 3.05) is 13.1 Å². The van der Waals surface area contributed by atoms with Crippen LogP contribution in [-0.4, -0.2) is 50.7 Å². The Hall–Kier alpha value is -2.57. The van der Waals surface area contributed by atoms with Crippen LogP contribution in [-0.2, 0) is 11.2 Å². The van der Waals surface area contributed by atoms with Gasteiger partial charge in [-0.15, -0.1) is 5.10 Å². The van der Waals surface area contributed by atoms with Crippen LogP contribution >= 0.6 is 0 Å². The Morgan fingerprint density at radius 1 is 1.32 bits per heavy atom. The van der Waals surface area contributed by atoms with Crippen molar-refractivity contribution < 1.29 is 4.79 Å². The van der Waals surface area contributed by atoms with Gasteiger partial charge in [0.2, 0.25) is 0 Å². The van der Waals surface area contributed by atoms with E-state index in [1.807, 2.05) is 0 Å². The monoisotopic (exact) mass is 382 g/mol. The number of aromatic nitrogens is 4. The van der Waals surface area contributed by atoms with Crippen LogP contribution in [0.2, 0.25) is 0 Å². The maximum atomic E-state index is 12.3. The number of ketones is 1. The van der Waals surface area contributed by atoms with Gasteiger partial charge in [-0.2, -0.15) is 0 Å². The summed E-state index contributed by atoms with van der Waals surface area (Å²) in [5.41, 5.74) is 2.56. The van der Waals surface area contributed by atoms with Crippen LogP contribution < -0.4 is 0 Å². The first-order valence-electron chi connectivity index (χ1n) is 10.2. The molecule has 2 heterocycles. The molecule has 0 radical (unpaired) electrons. The first-order valence-corrected chi connectivity index (χ1v) is 10.2. The quantitative estimate of drug-likeness (QED) is 0.512. The number of Topliss-reactive ketones (excluding diaryl/α,β-unsaturated/α-hetero) is 1. The smallest absolute Gasteiger partial charge is 0.152 e. The number of tetrazole rings is 1. The van der Waals surface area contributed by atoms with Crippen LogP contribution in [0.15, 0.2) is 24.3 Å². The summed E-state index contributed by atoms with van der Waals surface area (Å²) in [5.74, 6) is 1.33. The molecular formula is C21H30N6O. The maximum absolute atomic E-state index is 12.3. The highest BCUT2D eigenvalue weighted by molar-refractivity contribution is 5.79. The number of hydrogen-bond acceptors (Lipinski definition) is 5. The van der Waals surface area contributed by atoms with Crippen LogP contribution in [0.3, 0.4) is 0 Å². The molecule has 7 heteroatoms. The van der Waals surface area contributed by atoms with Crippen molar-refractivity contribution in [3.63, 3.8) is 0 Å². The molecule has 1 aromatic carbocycles. The molecule has 1 aromatic heterocycles. The van der Waals surface area contributed by atoms with Gasteiger partial charge in [-0.05, 0) is 60.1 Å². The maximum Gasteiger partial charge on any atom is 0.152 e. The van der Waals surface area contributed by atoms with Gasteiger partial charge >= 0.3 is 0 Å². The third kappa shape index (κ3) is 4.82. The standard InChI is InChI=1S/C21H30N6O/c1-3-4-19(15(2)28)20(21-23-25-26-24-21)13-16-5-7-17(8-6-16)18-9-11-27(14-22)12-10-18/h5-8,14,18-20,22H,3-4,9-13H2,1-2H3,(H,23,24,25,26)/t19-,20+/m1/s1. The number of nitrogens with one attached hydrogen (secondary N) is 2. The summed E-state index contributed by atoms with van der Waals surface area (Å²) in [6, 6.07) is 8.80. The Bertz CT molecular complexity index is 750. The number of piperidine rings is 1. The van der Waals surface area contributed by atoms with E-state index in [-0.39, 0.29) is 17.6 Å². The Balaban J connectivity index is 1.72. The molecule has 0 saturated carbocycles. The van der Waals surface area contributed by atoms with Gasteiger partial charge < -0.3 is 4.90 Å². The topological polar surface area (TPSA) is 98.6 Å². The van der Waals surface area contributed by atoms with E-state index in [0.717, 1.165) is 45.2 Å². The molecule has 150 valence electrons. The predicted molar refractivity (Wildman–Crippen MR) is 108 cm³/mol. The summed E-state index contributed by atoms with van der Waals surface area (Å²) in [7, 11) is 0. The number of benzene rings is 1. The van der Waals surface area contributed by atoms with Crippen molar-refractivity contribution in [1.29, 1.82) is 5.41 Å². The number of likely N-dealkylation sites (tertiary alicyclic amines) is 1. The highest BCUT2D eigenvalue weighted by Crippen LogP contribution is 2.32. The molecule has 7 nitrogen and oxygen atoms in total. The lowest BCUT2D eigenvalue weighted by Crippen LogP contribution is -2.31. The molecule has 2 atom stereocenters. The van der Waals surface area contributed by atoms with Crippen molar-refractivity contribution >= 4 is 12.1 Å². The number of hydrogen-bond donors (Lipinski definition) is 2. The van der Waals surface area contributed by atoms with Gasteiger partial charge in [-0.1, -0.05) is 37.6 Å². The lowest BCUT2D eigenvalue weighted by Gasteiger charge is -2.30. The molecule has 28 heavy (non-hydrogen) atoms. The summed E-state index contributed by atoms with van der Waals surface area (Å²) in [6.45, 7) is 5.67. The van der Waals surface area contributed by atoms with Gasteiger partial charge in [0.15, 0.2) is 5.82 Å². The lowest BCUT2D eigenvalue weighted by molar-refractivity contribution is -0.121. The van der Waals surface area contributed by atoms with E-state index in [4.69, 9.17) is 5.41 Å². The number of carbonyl (C=O) groups excluding carboxylic acids is 1. The molecule has 0 aliphatic carbocycles. The van der Waals surface area contributed by atoms with Crippen molar-refractivity contribution in [2.45, 2.75) is 57.8 Å². The first-order chi connectivity index (χ1) is 13.6. The number of aromatic amines is 1. The summed E-state index contributed by atoms with van der Waals surface area (Å²) in [5, 5.41) is 21.8. The largest absolute Gasteiger partial charge is 0.363 e. The summed E-state index contributed by atoms with van der Waals surface area (Å²) in [4.78, 5) is 14.3. The van der Waals surface area contributed by atoms with Crippen LogP contribution in [0.4, 0.5) is 0 Å². The van der Waals surface area contributed by atoms with Crippen molar-refractivity contribution in [1.82, 2.24) is 25.5 Å². The third-order valence-corrected chi connectivity index (χ3v) is 5.94. The fourth-order valence-electron chi connectivity index (χ4n) is 4.29. The second-order valence-electron chi connectivity index (χ2n) is 7.78. The van der Waals surface area contributed by atoms with E-state index in [0.29, 0.717) is 11.7 Å². The van der Waals surface area contributed by atoms with Gasteiger partial charge in [-0.25, -0.2) is 5.10 Å². The van der Waals surface area contributed by atoms with E-state index in [2.05, 4.69) is 56.7 Å². The van der Waals surface area contributed by atoms with Crippen LogP contribution in [0, 0.1) is 11.3 Å². The molecule has 0 unspecified atom stereocenters. The molecule has 0 bridgehead atoms. The Kier molecular flexibility index (Phi) is 6.90. The highest BCUT2D eigenvalue weighted by atomic mass is 16.1. The molecule has 0 spiro atoms. The fourth-order valence-corrected chi connectivity index (χ4v) is 4.29. The van der Waals surface area contributed by atoms with E-state index in [9.17, 15) is 4.79 Å². The predicted octanol–water partition coefficient (Wildman–Crippen LogP) is 3.32. The second-order valence-corrected chi connectivity index (χ2v) is 7.78. The number of carbonyl (C=O) groups is 1. The van der Waals surface area contributed by atoms with Crippen LogP contribution in [0.5, 0.6) is 0 Å². The summed E-state index contributed by atoms with van der Waals surface area (Å²) >= 11 is 0. The number of H-pyrrole nitrogens is 1. The van der Waals surface area contributed by atoms with Gasteiger partial charge in [0.1, 0.15) is 5.78 Å². The van der Waals surface area contributed by atoms with E-state index in [1.165, 1.54) is 17.5 Å². The molecule has 1 fully saturated rings. The van der Waals surface area contributed by atoms with Gasteiger partial charge in [0.05, 0.1) is 6.34 Å². The van der Waals surface area contributed by atoms with Crippen molar-refractivity contribution in [3.8, 4) is 0 Å². The first kappa shape index (κ1) is 20.2. The Morgan fingerprint density at radius 3 is 2.57 bits per heavy atom. The average molecular weight is 383 g/mol. The SMILES string of the molecule is CCC[C@H](C(C)=O)[C@H](Cc1ccc(C2CCN(C=N)CC2)cc1)c1nnn[nH]1. The molecule has 3 rings (SSSR count). The normalized spacial score (nSPS) is 17.3. The van der Waals surface area contributed by atoms with E-state index >= 15 is 0 Å². The third-order valence-electron chi connectivity index (χ3n) is 5.94. The minimum absolute atomic E-state index is 0.0332. The fraction of sp³-hybridized carbons (Fsp3) is 0.571. The van der Waals surface area contributed by atoms with Gasteiger partial charge in [0, 0.05) is 24.9 Å². The molecular weight excluding hydrogens is 352 g/mol. The molecule has 0 amide bonds. The minimum atomic E-state index is -0.0788. The average Bonchev–Trinajstić information content (AvgIpc) is 3.25. The zero-order valence-electron chi connectivity index (χ0n) is 16.8. The van der Waals surface area contributed by atoms with Crippen molar-refractivity contribution in [3.05, 3.63) is 41.2 Å². The minimum Gasteiger partial charge on any atom is -0.363 e. The Labute approximate surface area is 166 Å². The van der Waals surface area contributed by atoms with Gasteiger partial charge in [-0.3, -0.25) is 10.2 Å². The molecule has 1 saturated heterocycles. The number of nitrogens with zero attached hydrogens (tertiary/aromatic N) is 4. The van der Waals surface area contributed by atoms with E-state index in [1.54, 1.807) is 6.92 Å². The lowest BCUT2D eigenvalue weighted by atomic mass is 9.80. The molecule has 1 aliphatic heterocycles. The highest BCUT2D eigenvalue weighted by Gasteiger charge is 2.29. The van der Waals surface area contributed by atoms with Gasteiger partial charge in [0.25, 0.3) is 0 Å².